The Bertz CT molecular complexity index is 838. The predicted molar refractivity (Wildman–Crippen MR) is 88.1 cm³/mol. The average molecular weight is 290 g/mol. The quantitative estimate of drug-likeness (QED) is 0.802. The van der Waals surface area contributed by atoms with Crippen LogP contribution in [0, 0.1) is 6.92 Å². The highest BCUT2D eigenvalue weighted by Gasteiger charge is 2.47. The maximum atomic E-state index is 4.86. The third kappa shape index (κ3) is 1.95. The minimum absolute atomic E-state index is 0.0775. The molecule has 2 aromatic heterocycles. The molecule has 1 N–H and O–H groups in total. The van der Waals surface area contributed by atoms with Gasteiger partial charge in [0.2, 0.25) is 0 Å². The van der Waals surface area contributed by atoms with Crippen LogP contribution in [0.25, 0.3) is 11.0 Å². The van der Waals surface area contributed by atoms with Crippen LogP contribution in [-0.4, -0.2) is 22.0 Å². The number of anilines is 1. The number of rotatable bonds is 3. The lowest BCUT2D eigenvalue weighted by molar-refractivity contribution is 0.807. The van der Waals surface area contributed by atoms with Gasteiger partial charge in [0, 0.05) is 12.5 Å². The number of benzene rings is 1. The van der Waals surface area contributed by atoms with Crippen LogP contribution in [0.4, 0.5) is 5.82 Å². The van der Waals surface area contributed by atoms with E-state index in [-0.39, 0.29) is 5.41 Å². The third-order valence-electron chi connectivity index (χ3n) is 4.48. The number of fused-ring (bicyclic) bond motifs is 1. The Kier molecular flexibility index (Phi) is 2.86. The van der Waals surface area contributed by atoms with Crippen molar-refractivity contribution in [3.63, 3.8) is 0 Å². The molecular weight excluding hydrogens is 272 g/mol. The molecule has 0 atom stereocenters. The zero-order chi connectivity index (χ0) is 15.2. The molecule has 0 spiro atoms. The first kappa shape index (κ1) is 13.2. The highest BCUT2D eigenvalue weighted by atomic mass is 15.0. The highest BCUT2D eigenvalue weighted by molar-refractivity contribution is 5.86. The molecule has 1 aliphatic carbocycles. The second kappa shape index (κ2) is 4.77. The van der Waals surface area contributed by atoms with Gasteiger partial charge in [0.15, 0.2) is 5.65 Å². The Hall–Kier alpha value is -2.49. The Balaban J connectivity index is 1.87. The lowest BCUT2D eigenvalue weighted by Crippen LogP contribution is -2.11. The van der Waals surface area contributed by atoms with Gasteiger partial charge in [-0.3, -0.25) is 0 Å². The van der Waals surface area contributed by atoms with Gasteiger partial charge < -0.3 is 5.32 Å². The van der Waals surface area contributed by atoms with Crippen LogP contribution in [0.5, 0.6) is 0 Å². The van der Waals surface area contributed by atoms with E-state index in [4.69, 9.17) is 4.98 Å². The number of aromatic nitrogens is 3. The van der Waals surface area contributed by atoms with Crippen molar-refractivity contribution in [2.24, 2.45) is 0 Å². The standard InChI is InChI=1S/C18H18N4/c1-12-20-16(19-2)14-8-9-15(22-17(14)21-12)18(10-11-18)13-6-4-3-5-7-13/h3-9H,10-11H2,1-2H3,(H,19,20,21,22). The number of pyridine rings is 1. The van der Waals surface area contributed by atoms with Crippen molar-refractivity contribution in [3.8, 4) is 0 Å². The molecule has 1 aromatic carbocycles. The summed E-state index contributed by atoms with van der Waals surface area (Å²) in [5.74, 6) is 1.58. The topological polar surface area (TPSA) is 50.7 Å². The Labute approximate surface area is 129 Å². The van der Waals surface area contributed by atoms with Crippen molar-refractivity contribution in [1.82, 2.24) is 15.0 Å². The second-order valence-electron chi connectivity index (χ2n) is 5.89. The van der Waals surface area contributed by atoms with Crippen molar-refractivity contribution >= 4 is 16.9 Å². The fraction of sp³-hybridized carbons (Fsp3) is 0.278. The largest absolute Gasteiger partial charge is 0.372 e. The summed E-state index contributed by atoms with van der Waals surface area (Å²) in [5, 5.41) is 4.10. The normalized spacial score (nSPS) is 15.7. The molecule has 110 valence electrons. The van der Waals surface area contributed by atoms with E-state index in [2.05, 4.69) is 57.7 Å². The van der Waals surface area contributed by atoms with Gasteiger partial charge in [-0.25, -0.2) is 15.0 Å². The van der Waals surface area contributed by atoms with Crippen LogP contribution in [0.1, 0.15) is 29.9 Å². The van der Waals surface area contributed by atoms with Crippen LogP contribution in [0.3, 0.4) is 0 Å². The molecule has 1 aliphatic rings. The first-order chi connectivity index (χ1) is 10.7. The van der Waals surface area contributed by atoms with Crippen molar-refractivity contribution < 1.29 is 0 Å². The van der Waals surface area contributed by atoms with Crippen molar-refractivity contribution in [3.05, 3.63) is 59.5 Å². The van der Waals surface area contributed by atoms with Crippen LogP contribution in [0.15, 0.2) is 42.5 Å². The third-order valence-corrected chi connectivity index (χ3v) is 4.48. The smallest absolute Gasteiger partial charge is 0.165 e. The predicted octanol–water partition coefficient (Wildman–Crippen LogP) is 3.45. The van der Waals surface area contributed by atoms with E-state index >= 15 is 0 Å². The summed E-state index contributed by atoms with van der Waals surface area (Å²) < 4.78 is 0. The maximum Gasteiger partial charge on any atom is 0.165 e. The van der Waals surface area contributed by atoms with E-state index in [0.717, 1.165) is 41.2 Å². The molecule has 0 radical (unpaired) electrons. The monoisotopic (exact) mass is 290 g/mol. The number of hydrogen-bond acceptors (Lipinski definition) is 4. The highest BCUT2D eigenvalue weighted by Crippen LogP contribution is 2.52. The number of aryl methyl sites for hydroxylation is 1. The molecule has 4 rings (SSSR count). The van der Waals surface area contributed by atoms with Gasteiger partial charge in [-0.05, 0) is 37.5 Å². The van der Waals surface area contributed by atoms with Crippen LogP contribution in [-0.2, 0) is 5.41 Å². The SMILES string of the molecule is CNc1nc(C)nc2nc(C3(c4ccccc4)CC3)ccc12. The molecule has 1 saturated carbocycles. The summed E-state index contributed by atoms with van der Waals surface area (Å²) in [6.45, 7) is 1.90. The number of hydrogen-bond donors (Lipinski definition) is 1. The van der Waals surface area contributed by atoms with E-state index in [9.17, 15) is 0 Å². The van der Waals surface area contributed by atoms with E-state index in [1.165, 1.54) is 5.56 Å². The molecule has 0 saturated heterocycles. The van der Waals surface area contributed by atoms with Gasteiger partial charge in [-0.2, -0.15) is 0 Å². The van der Waals surface area contributed by atoms with Gasteiger partial charge in [0.25, 0.3) is 0 Å². The fourth-order valence-corrected chi connectivity index (χ4v) is 3.15. The van der Waals surface area contributed by atoms with Crippen molar-refractivity contribution in [2.75, 3.05) is 12.4 Å². The van der Waals surface area contributed by atoms with Gasteiger partial charge in [-0.15, -0.1) is 0 Å². The molecule has 2 heterocycles. The zero-order valence-corrected chi connectivity index (χ0v) is 12.8. The van der Waals surface area contributed by atoms with Gasteiger partial charge >= 0.3 is 0 Å². The van der Waals surface area contributed by atoms with E-state index in [0.29, 0.717) is 0 Å². The summed E-state index contributed by atoms with van der Waals surface area (Å²) in [6, 6.07) is 14.9. The van der Waals surface area contributed by atoms with Crippen LogP contribution >= 0.6 is 0 Å². The van der Waals surface area contributed by atoms with Crippen molar-refractivity contribution in [2.45, 2.75) is 25.2 Å². The molecule has 0 aliphatic heterocycles. The molecule has 3 aromatic rings. The summed E-state index contributed by atoms with van der Waals surface area (Å²) in [7, 11) is 1.88. The van der Waals surface area contributed by atoms with Gasteiger partial charge in [-0.1, -0.05) is 30.3 Å². The second-order valence-corrected chi connectivity index (χ2v) is 5.89. The van der Waals surface area contributed by atoms with Crippen molar-refractivity contribution in [1.29, 1.82) is 0 Å². The molecule has 4 nitrogen and oxygen atoms in total. The summed E-state index contributed by atoms with van der Waals surface area (Å²) in [6.07, 6.45) is 2.30. The molecule has 22 heavy (non-hydrogen) atoms. The average Bonchev–Trinajstić information content (AvgIpc) is 3.36. The lowest BCUT2D eigenvalue weighted by atomic mass is 9.92. The van der Waals surface area contributed by atoms with Gasteiger partial charge in [0.1, 0.15) is 11.6 Å². The first-order valence-electron chi connectivity index (χ1n) is 7.62. The molecular formula is C18H18N4. The number of nitrogens with one attached hydrogen (secondary N) is 1. The maximum absolute atomic E-state index is 4.86. The van der Waals surface area contributed by atoms with E-state index < -0.39 is 0 Å². The molecule has 4 heteroatoms. The molecule has 1 fully saturated rings. The molecule has 0 amide bonds. The first-order valence-corrected chi connectivity index (χ1v) is 7.62. The lowest BCUT2D eigenvalue weighted by Gasteiger charge is -2.16. The van der Waals surface area contributed by atoms with Crippen LogP contribution < -0.4 is 5.32 Å². The molecule has 0 unspecified atom stereocenters. The fourth-order valence-electron chi connectivity index (χ4n) is 3.15. The van der Waals surface area contributed by atoms with E-state index in [1.807, 2.05) is 14.0 Å². The Morgan fingerprint density at radius 1 is 0.955 bits per heavy atom. The Morgan fingerprint density at radius 3 is 2.41 bits per heavy atom. The van der Waals surface area contributed by atoms with Gasteiger partial charge in [0.05, 0.1) is 11.1 Å². The van der Waals surface area contributed by atoms with Crippen LogP contribution in [0.2, 0.25) is 0 Å². The minimum atomic E-state index is 0.0775. The zero-order valence-electron chi connectivity index (χ0n) is 12.8. The Morgan fingerprint density at radius 2 is 1.73 bits per heavy atom. The summed E-state index contributed by atoms with van der Waals surface area (Å²) in [4.78, 5) is 13.8. The summed E-state index contributed by atoms with van der Waals surface area (Å²) in [5.41, 5.74) is 3.32. The molecule has 0 bridgehead atoms. The number of nitrogens with zero attached hydrogens (tertiary/aromatic N) is 3. The van der Waals surface area contributed by atoms with E-state index in [1.54, 1.807) is 0 Å². The minimum Gasteiger partial charge on any atom is -0.372 e. The summed E-state index contributed by atoms with van der Waals surface area (Å²) >= 11 is 0.